The molecule has 0 radical (unpaired) electrons. The van der Waals surface area contributed by atoms with Crippen molar-refractivity contribution in [3.63, 3.8) is 0 Å². The molecule has 1 fully saturated rings. The lowest BCUT2D eigenvalue weighted by Gasteiger charge is -2.32. The number of unbranched alkanes of at least 4 members (excludes halogenated alkanes) is 9. The summed E-state index contributed by atoms with van der Waals surface area (Å²) in [5.74, 6) is -3.79. The van der Waals surface area contributed by atoms with E-state index in [0.717, 1.165) is 51.1 Å². The summed E-state index contributed by atoms with van der Waals surface area (Å²) in [7, 11) is 0. The molecule has 0 aromatic carbocycles. The van der Waals surface area contributed by atoms with E-state index < -0.39 is 49.3 Å². The van der Waals surface area contributed by atoms with Gasteiger partial charge in [0.25, 0.3) is 0 Å². The molecule has 2 heterocycles. The van der Waals surface area contributed by atoms with Crippen LogP contribution in [0.3, 0.4) is 0 Å². The second-order valence-corrected chi connectivity index (χ2v) is 9.86. The molecule has 2 amide bonds. The van der Waals surface area contributed by atoms with Crippen LogP contribution in [0.2, 0.25) is 0 Å². The van der Waals surface area contributed by atoms with E-state index in [4.69, 9.17) is 19.9 Å². The van der Waals surface area contributed by atoms with Crippen LogP contribution < -0.4 is 11.1 Å². The summed E-state index contributed by atoms with van der Waals surface area (Å²) >= 11 is 0. The first-order valence-corrected chi connectivity index (χ1v) is 14.1. The van der Waals surface area contributed by atoms with Crippen molar-refractivity contribution < 1.29 is 37.7 Å². The van der Waals surface area contributed by atoms with Gasteiger partial charge in [0, 0.05) is 6.20 Å². The maximum Gasteiger partial charge on any atom is 0.508 e. The summed E-state index contributed by atoms with van der Waals surface area (Å²) < 4.78 is 44.0. The largest absolute Gasteiger partial charge is 0.508 e. The van der Waals surface area contributed by atoms with Gasteiger partial charge in [-0.15, -0.1) is 0 Å². The minimum absolute atomic E-state index is 0.152. The van der Waals surface area contributed by atoms with Gasteiger partial charge in [0.1, 0.15) is 12.7 Å². The minimum Gasteiger partial charge on any atom is -0.434 e. The van der Waals surface area contributed by atoms with E-state index in [1.54, 1.807) is 0 Å². The number of hydrogen-bond donors (Lipinski definition) is 3. The number of urea groups is 1. The SMILES string of the molecule is CCCCC/C=C\C/C=C\CCCCCCCCOC(=O)OC[C@H]1O[C@@H](N2C=CC(N)NC2=O)C(F)(F)[C@@H]1O. The first-order valence-electron chi connectivity index (χ1n) is 14.1. The van der Waals surface area contributed by atoms with Crippen molar-refractivity contribution in [1.29, 1.82) is 0 Å². The van der Waals surface area contributed by atoms with Crippen LogP contribution in [0.4, 0.5) is 18.4 Å². The fourth-order valence-electron chi connectivity index (χ4n) is 4.25. The smallest absolute Gasteiger partial charge is 0.434 e. The van der Waals surface area contributed by atoms with Crippen molar-refractivity contribution in [2.24, 2.45) is 5.73 Å². The van der Waals surface area contributed by atoms with Gasteiger partial charge >= 0.3 is 18.1 Å². The zero-order valence-electron chi connectivity index (χ0n) is 22.9. The molecule has 2 aliphatic heterocycles. The molecule has 0 saturated carbocycles. The number of rotatable bonds is 18. The second-order valence-electron chi connectivity index (χ2n) is 9.86. The van der Waals surface area contributed by atoms with Crippen molar-refractivity contribution in [1.82, 2.24) is 10.2 Å². The molecule has 11 heteroatoms. The fraction of sp³-hybridized carbons (Fsp3) is 0.714. The third-order valence-electron chi connectivity index (χ3n) is 6.54. The minimum atomic E-state index is -3.79. The molecule has 4 atom stereocenters. The molecule has 0 spiro atoms. The second kappa shape index (κ2) is 18.0. The molecule has 0 bridgehead atoms. The van der Waals surface area contributed by atoms with Crippen LogP contribution in [0.1, 0.15) is 84.0 Å². The Morgan fingerprint density at radius 2 is 1.72 bits per heavy atom. The number of ether oxygens (including phenoxy) is 3. The summed E-state index contributed by atoms with van der Waals surface area (Å²) in [6.45, 7) is 1.72. The highest BCUT2D eigenvalue weighted by Gasteiger charge is 2.61. The van der Waals surface area contributed by atoms with Crippen molar-refractivity contribution in [3.05, 3.63) is 36.6 Å². The van der Waals surface area contributed by atoms with Gasteiger partial charge in [-0.3, -0.25) is 4.90 Å². The summed E-state index contributed by atoms with van der Waals surface area (Å²) in [6, 6.07) is -0.892. The Bertz CT molecular complexity index is 823. The Labute approximate surface area is 230 Å². The zero-order valence-corrected chi connectivity index (χ0v) is 22.9. The summed E-state index contributed by atoms with van der Waals surface area (Å²) in [4.78, 5) is 24.4. The highest BCUT2D eigenvalue weighted by Crippen LogP contribution is 2.38. The van der Waals surface area contributed by atoms with E-state index >= 15 is 0 Å². The van der Waals surface area contributed by atoms with Crippen LogP contribution >= 0.6 is 0 Å². The summed E-state index contributed by atoms with van der Waals surface area (Å²) in [5.41, 5.74) is 5.51. The Morgan fingerprint density at radius 1 is 1.08 bits per heavy atom. The van der Waals surface area contributed by atoms with E-state index in [9.17, 15) is 23.5 Å². The van der Waals surface area contributed by atoms with Crippen molar-refractivity contribution in [2.45, 2.75) is 114 Å². The molecule has 1 unspecified atom stereocenters. The van der Waals surface area contributed by atoms with Gasteiger partial charge in [0.05, 0.1) is 12.8 Å². The fourth-order valence-corrected chi connectivity index (χ4v) is 4.25. The number of nitrogens with two attached hydrogens (primary N) is 1. The normalized spacial score (nSPS) is 24.5. The molecular weight excluding hydrogens is 512 g/mol. The monoisotopic (exact) mass is 557 g/mol. The van der Waals surface area contributed by atoms with E-state index in [1.165, 1.54) is 31.8 Å². The van der Waals surface area contributed by atoms with Crippen molar-refractivity contribution in [3.8, 4) is 0 Å². The average molecular weight is 558 g/mol. The van der Waals surface area contributed by atoms with Crippen LogP contribution in [0.15, 0.2) is 36.6 Å². The van der Waals surface area contributed by atoms with Gasteiger partial charge in [-0.25, -0.2) is 9.59 Å². The maximum absolute atomic E-state index is 14.5. The van der Waals surface area contributed by atoms with E-state index in [-0.39, 0.29) is 6.61 Å². The predicted molar refractivity (Wildman–Crippen MR) is 144 cm³/mol. The van der Waals surface area contributed by atoms with Crippen LogP contribution in [0.5, 0.6) is 0 Å². The number of aliphatic hydroxyl groups excluding tert-OH is 1. The van der Waals surface area contributed by atoms with Crippen LogP contribution in [-0.4, -0.2) is 65.9 Å². The molecule has 4 N–H and O–H groups in total. The van der Waals surface area contributed by atoms with E-state index in [0.29, 0.717) is 11.3 Å². The summed E-state index contributed by atoms with van der Waals surface area (Å²) in [5, 5.41) is 12.2. The van der Waals surface area contributed by atoms with Gasteiger partial charge in [-0.05, 0) is 44.6 Å². The molecular formula is C28H45F2N3O6. The Kier molecular flexibility index (Phi) is 15.1. The van der Waals surface area contributed by atoms with Crippen LogP contribution in [-0.2, 0) is 14.2 Å². The van der Waals surface area contributed by atoms with Crippen molar-refractivity contribution in [2.75, 3.05) is 13.2 Å². The zero-order chi connectivity index (χ0) is 28.5. The standard InChI is InChI=1S/C28H45F2N3O6/c1-2-3-4-5-6-7-8-9-10-11-12-13-14-15-16-17-20-37-27(36)38-21-22-24(34)28(29,30)25(39-22)33-19-18-23(31)32-26(33)35/h6-7,9-10,18-19,22-25,34H,2-5,8,11-17,20-21,31H2,1H3,(H,32,35)/b7-6-,10-9-/t22-,23?,24-,25-/m1/s1. The van der Waals surface area contributed by atoms with Crippen molar-refractivity contribution >= 4 is 12.2 Å². The lowest BCUT2D eigenvalue weighted by atomic mass is 10.1. The molecule has 2 rings (SSSR count). The average Bonchev–Trinajstić information content (AvgIpc) is 3.12. The van der Waals surface area contributed by atoms with E-state index in [2.05, 4.69) is 36.5 Å². The van der Waals surface area contributed by atoms with Crippen LogP contribution in [0.25, 0.3) is 0 Å². The number of aliphatic hydroxyl groups is 1. The Hall–Kier alpha value is -2.50. The third kappa shape index (κ3) is 11.6. The van der Waals surface area contributed by atoms with Gasteiger partial charge in [-0.2, -0.15) is 8.78 Å². The first-order chi connectivity index (χ1) is 18.8. The number of amides is 2. The van der Waals surface area contributed by atoms with Gasteiger partial charge < -0.3 is 30.4 Å². The molecule has 2 aliphatic rings. The maximum atomic E-state index is 14.5. The molecule has 0 aliphatic carbocycles. The lowest BCUT2D eigenvalue weighted by Crippen LogP contribution is -2.57. The highest BCUT2D eigenvalue weighted by molar-refractivity contribution is 5.77. The number of carbonyl (C=O) groups excluding carboxylic acids is 2. The van der Waals surface area contributed by atoms with Gasteiger partial charge in [0.2, 0.25) is 6.23 Å². The number of allylic oxidation sites excluding steroid dienone is 4. The Morgan fingerprint density at radius 3 is 2.38 bits per heavy atom. The van der Waals surface area contributed by atoms with Gasteiger partial charge in [0.15, 0.2) is 6.10 Å². The molecule has 1 saturated heterocycles. The van der Waals surface area contributed by atoms with Gasteiger partial charge in [-0.1, -0.05) is 69.8 Å². The number of alkyl halides is 2. The summed E-state index contributed by atoms with van der Waals surface area (Å²) in [6.07, 6.45) is 16.7. The number of nitrogens with zero attached hydrogens (tertiary/aromatic N) is 1. The Balaban J connectivity index is 1.49. The molecule has 0 aromatic heterocycles. The quantitative estimate of drug-likeness (QED) is 0.116. The number of nitrogens with one attached hydrogen (secondary N) is 1. The molecule has 9 nitrogen and oxygen atoms in total. The molecule has 0 aromatic rings. The van der Waals surface area contributed by atoms with E-state index in [1.807, 2.05) is 0 Å². The lowest BCUT2D eigenvalue weighted by molar-refractivity contribution is -0.145. The number of halogens is 2. The first kappa shape index (κ1) is 32.7. The van der Waals surface area contributed by atoms with Crippen LogP contribution in [0, 0.1) is 0 Å². The topological polar surface area (TPSA) is 123 Å². The molecule has 222 valence electrons. The predicted octanol–water partition coefficient (Wildman–Crippen LogP) is 5.50. The highest BCUT2D eigenvalue weighted by atomic mass is 19.3. The third-order valence-corrected chi connectivity index (χ3v) is 6.54. The number of carbonyl (C=O) groups is 2. The number of hydrogen-bond acceptors (Lipinski definition) is 7. The molecule has 39 heavy (non-hydrogen) atoms.